The van der Waals surface area contributed by atoms with Crippen molar-refractivity contribution < 1.29 is 23.7 Å². The van der Waals surface area contributed by atoms with Crippen molar-refractivity contribution in [1.82, 2.24) is 5.32 Å². The van der Waals surface area contributed by atoms with Crippen LogP contribution in [0.1, 0.15) is 34.1 Å². The van der Waals surface area contributed by atoms with E-state index in [1.54, 1.807) is 6.92 Å². The van der Waals surface area contributed by atoms with Gasteiger partial charge in [-0.25, -0.2) is 4.79 Å². The average Bonchev–Trinajstić information content (AvgIpc) is 2.30. The summed E-state index contributed by atoms with van der Waals surface area (Å²) in [5.74, 6) is -1.09. The number of hydrogen-bond donors (Lipinski definition) is 1. The van der Waals surface area contributed by atoms with Crippen LogP contribution >= 0.6 is 0 Å². The SMILES string of the molecule is CCOC(=O)NCCC(OCC)(OCC)OCC. The van der Waals surface area contributed by atoms with Crippen molar-refractivity contribution in [3.8, 4) is 0 Å². The highest BCUT2D eigenvalue weighted by Crippen LogP contribution is 2.19. The third-order valence-corrected chi connectivity index (χ3v) is 2.07. The molecule has 0 radical (unpaired) electrons. The largest absolute Gasteiger partial charge is 0.450 e. The molecule has 0 saturated carbocycles. The molecule has 0 spiro atoms. The minimum absolute atomic E-state index is 0.347. The Kier molecular flexibility index (Phi) is 9.63. The summed E-state index contributed by atoms with van der Waals surface area (Å²) in [5.41, 5.74) is 0. The maximum absolute atomic E-state index is 11.1. The first kappa shape index (κ1) is 17.2. The second kappa shape index (κ2) is 10.1. The van der Waals surface area contributed by atoms with Crippen LogP contribution in [0, 0.1) is 0 Å². The first-order valence-electron chi connectivity index (χ1n) is 6.46. The maximum atomic E-state index is 11.1. The first-order valence-corrected chi connectivity index (χ1v) is 6.46. The molecule has 0 rings (SSSR count). The fraction of sp³-hybridized carbons (Fsp3) is 0.917. The molecule has 0 unspecified atom stereocenters. The van der Waals surface area contributed by atoms with E-state index in [2.05, 4.69) is 5.32 Å². The van der Waals surface area contributed by atoms with E-state index in [0.29, 0.717) is 39.4 Å². The van der Waals surface area contributed by atoms with Crippen LogP contribution < -0.4 is 5.32 Å². The van der Waals surface area contributed by atoms with Gasteiger partial charge in [-0.05, 0) is 27.7 Å². The smallest absolute Gasteiger partial charge is 0.407 e. The lowest BCUT2D eigenvalue weighted by Crippen LogP contribution is -2.43. The average molecular weight is 263 g/mol. The Morgan fingerprint density at radius 1 is 0.944 bits per heavy atom. The fourth-order valence-corrected chi connectivity index (χ4v) is 1.50. The quantitative estimate of drug-likeness (QED) is 0.610. The first-order chi connectivity index (χ1) is 8.64. The van der Waals surface area contributed by atoms with Crippen LogP contribution in [0.3, 0.4) is 0 Å². The van der Waals surface area contributed by atoms with E-state index in [-0.39, 0.29) is 0 Å². The van der Waals surface area contributed by atoms with Crippen LogP contribution in [0.4, 0.5) is 4.79 Å². The number of carbonyl (C=O) groups is 1. The third kappa shape index (κ3) is 6.78. The molecule has 0 aromatic rings. The maximum Gasteiger partial charge on any atom is 0.407 e. The molecule has 0 aliphatic carbocycles. The summed E-state index contributed by atoms with van der Waals surface area (Å²) in [5, 5.41) is 2.61. The summed E-state index contributed by atoms with van der Waals surface area (Å²) in [6.45, 7) is 9.48. The van der Waals surface area contributed by atoms with Crippen molar-refractivity contribution in [2.75, 3.05) is 33.0 Å². The number of rotatable bonds is 10. The van der Waals surface area contributed by atoms with Crippen LogP contribution in [0.5, 0.6) is 0 Å². The molecule has 0 fully saturated rings. The summed E-state index contributed by atoms with van der Waals surface area (Å²) in [6.07, 6.45) is -0.0441. The number of hydrogen-bond acceptors (Lipinski definition) is 5. The molecule has 0 heterocycles. The summed E-state index contributed by atoms with van der Waals surface area (Å²) >= 11 is 0. The van der Waals surface area contributed by atoms with Crippen molar-refractivity contribution in [2.24, 2.45) is 0 Å². The number of alkyl carbamates (subject to hydrolysis) is 1. The molecular weight excluding hydrogens is 238 g/mol. The van der Waals surface area contributed by atoms with Gasteiger partial charge >= 0.3 is 6.09 Å². The Morgan fingerprint density at radius 3 is 1.83 bits per heavy atom. The zero-order chi connectivity index (χ0) is 13.9. The van der Waals surface area contributed by atoms with Crippen molar-refractivity contribution in [3.05, 3.63) is 0 Å². The lowest BCUT2D eigenvalue weighted by atomic mass is 10.3. The summed E-state index contributed by atoms with van der Waals surface area (Å²) in [6, 6.07) is 0. The van der Waals surface area contributed by atoms with E-state index < -0.39 is 12.1 Å². The second-order valence-electron chi connectivity index (χ2n) is 3.38. The van der Waals surface area contributed by atoms with Gasteiger partial charge in [0, 0.05) is 32.8 Å². The Balaban J connectivity index is 4.24. The highest BCUT2D eigenvalue weighted by Gasteiger charge is 2.32. The zero-order valence-corrected chi connectivity index (χ0v) is 11.8. The number of nitrogens with one attached hydrogen (secondary N) is 1. The van der Waals surface area contributed by atoms with Gasteiger partial charge in [-0.15, -0.1) is 0 Å². The molecule has 0 atom stereocenters. The minimum Gasteiger partial charge on any atom is -0.450 e. The minimum atomic E-state index is -1.09. The number of amides is 1. The summed E-state index contributed by atoms with van der Waals surface area (Å²) in [4.78, 5) is 11.1. The molecule has 6 nitrogen and oxygen atoms in total. The predicted molar refractivity (Wildman–Crippen MR) is 67.3 cm³/mol. The Hall–Kier alpha value is -0.850. The normalized spacial score (nSPS) is 11.3. The van der Waals surface area contributed by atoms with Gasteiger partial charge in [0.05, 0.1) is 6.61 Å². The van der Waals surface area contributed by atoms with E-state index in [0.717, 1.165) is 0 Å². The molecule has 0 aliphatic heterocycles. The summed E-state index contributed by atoms with van der Waals surface area (Å²) < 4.78 is 21.3. The van der Waals surface area contributed by atoms with Gasteiger partial charge in [0.15, 0.2) is 0 Å². The van der Waals surface area contributed by atoms with E-state index >= 15 is 0 Å². The second-order valence-corrected chi connectivity index (χ2v) is 3.38. The fourth-order valence-electron chi connectivity index (χ4n) is 1.50. The third-order valence-electron chi connectivity index (χ3n) is 2.07. The van der Waals surface area contributed by atoms with E-state index in [9.17, 15) is 4.79 Å². The van der Waals surface area contributed by atoms with Gasteiger partial charge in [-0.1, -0.05) is 0 Å². The van der Waals surface area contributed by atoms with Crippen molar-refractivity contribution in [1.29, 1.82) is 0 Å². The Morgan fingerprint density at radius 2 is 1.44 bits per heavy atom. The number of ether oxygens (including phenoxy) is 4. The van der Waals surface area contributed by atoms with E-state index in [1.807, 2.05) is 20.8 Å². The number of carbonyl (C=O) groups excluding carboxylic acids is 1. The topological polar surface area (TPSA) is 66.0 Å². The van der Waals surface area contributed by atoms with Crippen LogP contribution in [-0.2, 0) is 18.9 Å². The summed E-state index contributed by atoms with van der Waals surface area (Å²) in [7, 11) is 0. The molecule has 6 heteroatoms. The molecule has 0 bridgehead atoms. The molecule has 0 aromatic heterocycles. The van der Waals surface area contributed by atoms with Crippen molar-refractivity contribution in [2.45, 2.75) is 40.1 Å². The van der Waals surface area contributed by atoms with Crippen LogP contribution in [-0.4, -0.2) is 45.0 Å². The van der Waals surface area contributed by atoms with Crippen LogP contribution in [0.2, 0.25) is 0 Å². The van der Waals surface area contributed by atoms with Gasteiger partial charge in [0.1, 0.15) is 0 Å². The van der Waals surface area contributed by atoms with Gasteiger partial charge in [-0.2, -0.15) is 0 Å². The molecule has 1 amide bonds. The Bertz CT molecular complexity index is 205. The zero-order valence-electron chi connectivity index (χ0n) is 11.8. The highest BCUT2D eigenvalue weighted by molar-refractivity contribution is 5.66. The molecule has 0 aliphatic rings. The lowest BCUT2D eigenvalue weighted by molar-refractivity contribution is -0.378. The van der Waals surface area contributed by atoms with Gasteiger partial charge in [-0.3, -0.25) is 0 Å². The predicted octanol–water partition coefficient (Wildman–Crippen LogP) is 1.89. The van der Waals surface area contributed by atoms with Gasteiger partial charge < -0.3 is 24.3 Å². The van der Waals surface area contributed by atoms with Crippen molar-refractivity contribution in [3.63, 3.8) is 0 Å². The van der Waals surface area contributed by atoms with Crippen LogP contribution in [0.25, 0.3) is 0 Å². The van der Waals surface area contributed by atoms with Gasteiger partial charge in [0.2, 0.25) is 0 Å². The highest BCUT2D eigenvalue weighted by atomic mass is 16.9. The standard InChI is InChI=1S/C12H25NO5/c1-5-15-11(14)13-10-9-12(16-6-2,17-7-3)18-8-4/h5-10H2,1-4H3,(H,13,14). The molecule has 108 valence electrons. The molecule has 18 heavy (non-hydrogen) atoms. The monoisotopic (exact) mass is 263 g/mol. The Labute approximate surface area is 109 Å². The van der Waals surface area contributed by atoms with E-state index in [4.69, 9.17) is 18.9 Å². The molecular formula is C12H25NO5. The van der Waals surface area contributed by atoms with E-state index in [1.165, 1.54) is 0 Å². The van der Waals surface area contributed by atoms with Crippen LogP contribution in [0.15, 0.2) is 0 Å². The van der Waals surface area contributed by atoms with Gasteiger partial charge in [0.25, 0.3) is 5.97 Å². The molecule has 1 N–H and O–H groups in total. The molecule has 0 saturated heterocycles. The molecule has 0 aromatic carbocycles. The van der Waals surface area contributed by atoms with Crippen molar-refractivity contribution >= 4 is 6.09 Å². The lowest BCUT2D eigenvalue weighted by Gasteiger charge is -2.32.